The molecular weight excluding hydrogens is 298 g/mol. The summed E-state index contributed by atoms with van der Waals surface area (Å²) in [6, 6.07) is 4.38. The third-order valence-electron chi connectivity index (χ3n) is 2.36. The fraction of sp³-hybridized carbons (Fsp3) is 0.357. The molecule has 7 heteroatoms. The van der Waals surface area contributed by atoms with Crippen LogP contribution in [0.25, 0.3) is 0 Å². The van der Waals surface area contributed by atoms with Crippen molar-refractivity contribution in [1.82, 2.24) is 0 Å². The number of halogens is 1. The van der Waals surface area contributed by atoms with Gasteiger partial charge in [-0.3, -0.25) is 9.59 Å². The van der Waals surface area contributed by atoms with Crippen LogP contribution >= 0.6 is 11.6 Å². The molecule has 0 saturated carbocycles. The summed E-state index contributed by atoms with van der Waals surface area (Å²) < 4.78 is 9.56. The van der Waals surface area contributed by atoms with E-state index in [-0.39, 0.29) is 24.5 Å². The summed E-state index contributed by atoms with van der Waals surface area (Å²) in [6.07, 6.45) is -0.432. The maximum absolute atomic E-state index is 11.8. The van der Waals surface area contributed by atoms with E-state index in [4.69, 9.17) is 16.3 Å². The quantitative estimate of drug-likeness (QED) is 0.644. The molecule has 0 aliphatic carbocycles. The van der Waals surface area contributed by atoms with E-state index in [0.717, 1.165) is 0 Å². The maximum Gasteiger partial charge on any atom is 0.340 e. The third kappa shape index (κ3) is 5.43. The lowest BCUT2D eigenvalue weighted by Gasteiger charge is -2.10. The van der Waals surface area contributed by atoms with Crippen molar-refractivity contribution in [2.24, 2.45) is 0 Å². The van der Waals surface area contributed by atoms with Gasteiger partial charge in [-0.25, -0.2) is 4.79 Å². The number of esters is 2. The molecule has 1 N–H and O–H groups in total. The molecule has 1 aromatic rings. The van der Waals surface area contributed by atoms with E-state index >= 15 is 0 Å². The van der Waals surface area contributed by atoms with Gasteiger partial charge in [0.05, 0.1) is 24.5 Å². The molecule has 0 unspecified atom stereocenters. The van der Waals surface area contributed by atoms with Crippen molar-refractivity contribution in [2.75, 3.05) is 18.5 Å². The van der Waals surface area contributed by atoms with Crippen molar-refractivity contribution in [3.8, 4) is 0 Å². The number of benzene rings is 1. The minimum Gasteiger partial charge on any atom is -0.466 e. The number of nitrogens with one attached hydrogen (secondary N) is 1. The SMILES string of the molecule is CCOC(=O)CC(=O)Nc1ccc(Cl)cc1C(=O)OCC. The predicted molar refractivity (Wildman–Crippen MR) is 77.3 cm³/mol. The Kier molecular flexibility index (Phi) is 6.68. The van der Waals surface area contributed by atoms with Gasteiger partial charge in [0.25, 0.3) is 0 Å². The molecule has 1 rings (SSSR count). The Balaban J connectivity index is 2.85. The standard InChI is InChI=1S/C14H16ClNO5/c1-3-20-13(18)8-12(17)16-11-6-5-9(15)7-10(11)14(19)21-4-2/h5-7H,3-4,8H2,1-2H3,(H,16,17). The molecule has 0 radical (unpaired) electrons. The van der Waals surface area contributed by atoms with E-state index in [9.17, 15) is 14.4 Å². The van der Waals surface area contributed by atoms with Gasteiger partial charge in [-0.2, -0.15) is 0 Å². The predicted octanol–water partition coefficient (Wildman–Crippen LogP) is 2.41. The molecule has 0 atom stereocenters. The molecule has 1 amide bonds. The summed E-state index contributed by atoms with van der Waals surface area (Å²) in [7, 11) is 0. The first-order valence-corrected chi connectivity index (χ1v) is 6.77. The molecule has 1 aromatic carbocycles. The summed E-state index contributed by atoms with van der Waals surface area (Å²) in [5.74, 6) is -1.82. The van der Waals surface area contributed by atoms with E-state index in [0.29, 0.717) is 5.02 Å². The fourth-order valence-corrected chi connectivity index (χ4v) is 1.71. The Labute approximate surface area is 127 Å². The first-order chi connectivity index (χ1) is 9.97. The molecule has 0 fully saturated rings. The zero-order valence-corrected chi connectivity index (χ0v) is 12.5. The van der Waals surface area contributed by atoms with Gasteiger partial charge < -0.3 is 14.8 Å². The lowest BCUT2D eigenvalue weighted by Crippen LogP contribution is -2.20. The van der Waals surface area contributed by atoms with E-state index in [2.05, 4.69) is 10.1 Å². The molecule has 0 aliphatic rings. The normalized spacial score (nSPS) is 9.86. The highest BCUT2D eigenvalue weighted by Gasteiger charge is 2.17. The van der Waals surface area contributed by atoms with Gasteiger partial charge in [-0.15, -0.1) is 0 Å². The van der Waals surface area contributed by atoms with E-state index in [1.54, 1.807) is 13.8 Å². The van der Waals surface area contributed by atoms with Crippen molar-refractivity contribution < 1.29 is 23.9 Å². The van der Waals surface area contributed by atoms with Crippen LogP contribution in [0.4, 0.5) is 5.69 Å². The van der Waals surface area contributed by atoms with Crippen molar-refractivity contribution in [3.05, 3.63) is 28.8 Å². The number of carbonyl (C=O) groups is 3. The van der Waals surface area contributed by atoms with Gasteiger partial charge in [0, 0.05) is 5.02 Å². The highest BCUT2D eigenvalue weighted by molar-refractivity contribution is 6.31. The molecule has 0 aromatic heterocycles. The number of hydrogen-bond donors (Lipinski definition) is 1. The van der Waals surface area contributed by atoms with E-state index in [1.165, 1.54) is 18.2 Å². The number of rotatable bonds is 6. The highest BCUT2D eigenvalue weighted by atomic mass is 35.5. The molecule has 0 saturated heterocycles. The number of amides is 1. The summed E-state index contributed by atoms with van der Waals surface area (Å²) in [5, 5.41) is 2.80. The molecule has 21 heavy (non-hydrogen) atoms. The van der Waals surface area contributed by atoms with Crippen LogP contribution in [-0.2, 0) is 19.1 Å². The van der Waals surface area contributed by atoms with Gasteiger partial charge in [0.15, 0.2) is 0 Å². The van der Waals surface area contributed by atoms with Crippen molar-refractivity contribution >= 4 is 35.1 Å². The zero-order valence-electron chi connectivity index (χ0n) is 11.8. The van der Waals surface area contributed by atoms with Crippen LogP contribution in [-0.4, -0.2) is 31.1 Å². The summed E-state index contributed by atoms with van der Waals surface area (Å²) in [6.45, 7) is 3.71. The minimum absolute atomic E-state index is 0.126. The van der Waals surface area contributed by atoms with Crippen LogP contribution in [0.5, 0.6) is 0 Å². The average molecular weight is 314 g/mol. The number of hydrogen-bond acceptors (Lipinski definition) is 5. The Hall–Kier alpha value is -2.08. The molecule has 114 valence electrons. The average Bonchev–Trinajstić information content (AvgIpc) is 2.41. The van der Waals surface area contributed by atoms with Crippen LogP contribution in [0.2, 0.25) is 5.02 Å². The van der Waals surface area contributed by atoms with Gasteiger partial charge >= 0.3 is 11.9 Å². The second kappa shape index (κ2) is 8.26. The Morgan fingerprint density at radius 2 is 1.81 bits per heavy atom. The van der Waals surface area contributed by atoms with Gasteiger partial charge in [0.1, 0.15) is 6.42 Å². The Bertz CT molecular complexity index is 544. The Morgan fingerprint density at radius 1 is 1.14 bits per heavy atom. The van der Waals surface area contributed by atoms with Crippen LogP contribution in [0, 0.1) is 0 Å². The van der Waals surface area contributed by atoms with Gasteiger partial charge in [0.2, 0.25) is 5.91 Å². The summed E-state index contributed by atoms with van der Waals surface area (Å²) >= 11 is 5.83. The second-order valence-corrected chi connectivity index (χ2v) is 4.38. The molecular formula is C14H16ClNO5. The third-order valence-corrected chi connectivity index (χ3v) is 2.60. The fourth-order valence-electron chi connectivity index (χ4n) is 1.54. The smallest absolute Gasteiger partial charge is 0.340 e. The number of anilines is 1. The molecule has 0 bridgehead atoms. The molecule has 0 aliphatic heterocycles. The number of ether oxygens (including phenoxy) is 2. The van der Waals surface area contributed by atoms with Gasteiger partial charge in [-0.05, 0) is 32.0 Å². The van der Waals surface area contributed by atoms with Crippen molar-refractivity contribution in [3.63, 3.8) is 0 Å². The second-order valence-electron chi connectivity index (χ2n) is 3.94. The maximum atomic E-state index is 11.8. The van der Waals surface area contributed by atoms with Gasteiger partial charge in [-0.1, -0.05) is 11.6 Å². The van der Waals surface area contributed by atoms with Crippen molar-refractivity contribution in [2.45, 2.75) is 20.3 Å². The van der Waals surface area contributed by atoms with Crippen LogP contribution in [0.3, 0.4) is 0 Å². The molecule has 0 heterocycles. The van der Waals surface area contributed by atoms with E-state index in [1.807, 2.05) is 0 Å². The largest absolute Gasteiger partial charge is 0.466 e. The summed E-state index contributed by atoms with van der Waals surface area (Å²) in [5.41, 5.74) is 0.355. The molecule has 6 nitrogen and oxygen atoms in total. The van der Waals surface area contributed by atoms with Crippen LogP contribution in [0.15, 0.2) is 18.2 Å². The first-order valence-electron chi connectivity index (χ1n) is 6.40. The van der Waals surface area contributed by atoms with Crippen LogP contribution < -0.4 is 5.32 Å². The van der Waals surface area contributed by atoms with Crippen LogP contribution in [0.1, 0.15) is 30.6 Å². The van der Waals surface area contributed by atoms with Crippen molar-refractivity contribution in [1.29, 1.82) is 0 Å². The molecule has 0 spiro atoms. The monoisotopic (exact) mass is 313 g/mol. The lowest BCUT2D eigenvalue weighted by molar-refractivity contribution is -0.145. The highest BCUT2D eigenvalue weighted by Crippen LogP contribution is 2.22. The first kappa shape index (κ1) is 17.0. The summed E-state index contributed by atoms with van der Waals surface area (Å²) in [4.78, 5) is 34.7. The topological polar surface area (TPSA) is 81.7 Å². The number of carbonyl (C=O) groups excluding carboxylic acids is 3. The van der Waals surface area contributed by atoms with E-state index < -0.39 is 24.3 Å². The lowest BCUT2D eigenvalue weighted by atomic mass is 10.1. The minimum atomic E-state index is -0.637. The Morgan fingerprint density at radius 3 is 2.43 bits per heavy atom. The zero-order chi connectivity index (χ0) is 15.8.